The first kappa shape index (κ1) is 14.0. The van der Waals surface area contributed by atoms with Gasteiger partial charge in [0.05, 0.1) is 24.2 Å². The van der Waals surface area contributed by atoms with Crippen molar-refractivity contribution in [2.75, 3.05) is 0 Å². The van der Waals surface area contributed by atoms with Crippen LogP contribution in [0.2, 0.25) is 0 Å². The Hall–Kier alpha value is -2.38. The third-order valence-electron chi connectivity index (χ3n) is 2.88. The molecule has 0 aliphatic carbocycles. The second-order valence-corrected chi connectivity index (χ2v) is 4.34. The van der Waals surface area contributed by atoms with Crippen molar-refractivity contribution in [3.8, 4) is 11.4 Å². The van der Waals surface area contributed by atoms with Crippen molar-refractivity contribution < 1.29 is 14.3 Å². The summed E-state index contributed by atoms with van der Waals surface area (Å²) in [5, 5.41) is 20.1. The molecule has 1 unspecified atom stereocenters. The molecule has 2 rings (SSSR count). The summed E-state index contributed by atoms with van der Waals surface area (Å²) in [6, 6.07) is 1.05. The molecule has 1 N–H and O–H groups in total. The molecule has 0 aliphatic rings. The number of halogens is 1. The first-order valence-electron chi connectivity index (χ1n) is 6.23. The van der Waals surface area contributed by atoms with E-state index in [4.69, 9.17) is 5.11 Å². The topological polar surface area (TPSA) is 93.8 Å². The highest BCUT2D eigenvalue weighted by molar-refractivity contribution is 5.67. The smallest absolute Gasteiger partial charge is 0.305 e. The van der Waals surface area contributed by atoms with Gasteiger partial charge in [0.15, 0.2) is 11.6 Å². The summed E-state index contributed by atoms with van der Waals surface area (Å²) in [6.45, 7) is 1.94. The van der Waals surface area contributed by atoms with Gasteiger partial charge in [-0.1, -0.05) is 13.3 Å². The Morgan fingerprint density at radius 2 is 2.35 bits per heavy atom. The fraction of sp³-hybridized carbons (Fsp3) is 0.417. The van der Waals surface area contributed by atoms with Gasteiger partial charge in [0, 0.05) is 6.20 Å². The molecule has 7 nitrogen and oxygen atoms in total. The number of carbonyl (C=O) groups is 1. The van der Waals surface area contributed by atoms with Gasteiger partial charge in [0.2, 0.25) is 0 Å². The van der Waals surface area contributed by atoms with E-state index in [1.165, 1.54) is 16.9 Å². The molecule has 0 spiro atoms. The van der Waals surface area contributed by atoms with Gasteiger partial charge in [0.25, 0.3) is 0 Å². The van der Waals surface area contributed by atoms with Crippen LogP contribution in [0.3, 0.4) is 0 Å². The molecule has 1 atom stereocenters. The number of rotatable bonds is 6. The number of tetrazole rings is 1. The fourth-order valence-electron chi connectivity index (χ4n) is 2.02. The van der Waals surface area contributed by atoms with Crippen LogP contribution in [0.1, 0.15) is 32.2 Å². The first-order chi connectivity index (χ1) is 9.63. The predicted molar refractivity (Wildman–Crippen MR) is 67.2 cm³/mol. The zero-order valence-corrected chi connectivity index (χ0v) is 10.9. The molecule has 106 valence electrons. The van der Waals surface area contributed by atoms with Crippen LogP contribution in [0.5, 0.6) is 0 Å². The van der Waals surface area contributed by atoms with Crippen molar-refractivity contribution in [1.29, 1.82) is 0 Å². The Labute approximate surface area is 114 Å². The maximum Gasteiger partial charge on any atom is 0.305 e. The van der Waals surface area contributed by atoms with E-state index in [0.29, 0.717) is 6.42 Å². The summed E-state index contributed by atoms with van der Waals surface area (Å²) in [5.74, 6) is -1.28. The van der Waals surface area contributed by atoms with Crippen LogP contribution in [0.4, 0.5) is 4.39 Å². The number of carboxylic acid groups (broad SMARTS) is 1. The quantitative estimate of drug-likeness (QED) is 0.864. The lowest BCUT2D eigenvalue weighted by Gasteiger charge is -2.15. The standard InChI is InChI=1S/C12H14FN5O2/c1-2-3-8(6-11(19)20)18-12(15-16-17-18)9-4-5-14-7-10(9)13/h4-5,7-8H,2-3,6H2,1H3,(H,19,20). The largest absolute Gasteiger partial charge is 0.481 e. The molecule has 0 saturated carbocycles. The lowest BCUT2D eigenvalue weighted by molar-refractivity contribution is -0.138. The first-order valence-corrected chi connectivity index (χ1v) is 6.23. The number of hydrogen-bond donors (Lipinski definition) is 1. The van der Waals surface area contributed by atoms with E-state index >= 15 is 0 Å². The molecular weight excluding hydrogens is 265 g/mol. The normalized spacial score (nSPS) is 12.3. The molecule has 0 aromatic carbocycles. The Morgan fingerprint density at radius 3 is 3.00 bits per heavy atom. The molecule has 2 aromatic heterocycles. The van der Waals surface area contributed by atoms with E-state index in [1.807, 2.05) is 6.92 Å². The van der Waals surface area contributed by atoms with E-state index in [1.54, 1.807) is 0 Å². The monoisotopic (exact) mass is 279 g/mol. The lowest BCUT2D eigenvalue weighted by atomic mass is 10.1. The van der Waals surface area contributed by atoms with E-state index in [-0.39, 0.29) is 17.8 Å². The van der Waals surface area contributed by atoms with Gasteiger partial charge in [-0.3, -0.25) is 9.78 Å². The van der Waals surface area contributed by atoms with Gasteiger partial charge in [-0.2, -0.15) is 0 Å². The predicted octanol–water partition coefficient (Wildman–Crippen LogP) is 1.69. The van der Waals surface area contributed by atoms with E-state index in [0.717, 1.165) is 12.6 Å². The molecule has 0 saturated heterocycles. The second kappa shape index (κ2) is 6.18. The van der Waals surface area contributed by atoms with Crippen LogP contribution in [0.15, 0.2) is 18.5 Å². The number of aliphatic carboxylic acids is 1. The third kappa shape index (κ3) is 2.95. The van der Waals surface area contributed by atoms with Crippen LogP contribution in [-0.2, 0) is 4.79 Å². The zero-order valence-electron chi connectivity index (χ0n) is 10.9. The summed E-state index contributed by atoms with van der Waals surface area (Å²) in [7, 11) is 0. The van der Waals surface area contributed by atoms with Crippen molar-refractivity contribution in [3.63, 3.8) is 0 Å². The Balaban J connectivity index is 2.40. The Morgan fingerprint density at radius 1 is 1.55 bits per heavy atom. The molecule has 0 bridgehead atoms. The van der Waals surface area contributed by atoms with E-state index in [2.05, 4.69) is 20.5 Å². The molecule has 0 fully saturated rings. The molecular formula is C12H14FN5O2. The third-order valence-corrected chi connectivity index (χ3v) is 2.88. The number of nitrogens with zero attached hydrogens (tertiary/aromatic N) is 5. The summed E-state index contributed by atoms with van der Waals surface area (Å²) in [5.41, 5.74) is 0.205. The lowest BCUT2D eigenvalue weighted by Crippen LogP contribution is -2.16. The summed E-state index contributed by atoms with van der Waals surface area (Å²) >= 11 is 0. The SMILES string of the molecule is CCCC(CC(=O)O)n1nnnc1-c1ccncc1F. The molecule has 2 heterocycles. The highest BCUT2D eigenvalue weighted by Crippen LogP contribution is 2.25. The highest BCUT2D eigenvalue weighted by Gasteiger charge is 2.22. The number of hydrogen-bond acceptors (Lipinski definition) is 5. The van der Waals surface area contributed by atoms with E-state index in [9.17, 15) is 9.18 Å². The van der Waals surface area contributed by atoms with Gasteiger partial charge >= 0.3 is 5.97 Å². The number of aromatic nitrogens is 5. The van der Waals surface area contributed by atoms with Crippen molar-refractivity contribution in [2.24, 2.45) is 0 Å². The molecule has 0 amide bonds. The van der Waals surface area contributed by atoms with Crippen LogP contribution >= 0.6 is 0 Å². The molecule has 0 radical (unpaired) electrons. The number of pyridine rings is 1. The number of carboxylic acids is 1. The maximum absolute atomic E-state index is 13.8. The minimum atomic E-state index is -0.944. The van der Waals surface area contributed by atoms with Crippen molar-refractivity contribution in [2.45, 2.75) is 32.2 Å². The van der Waals surface area contributed by atoms with Gasteiger partial charge < -0.3 is 5.11 Å². The maximum atomic E-state index is 13.8. The molecule has 2 aromatic rings. The van der Waals surface area contributed by atoms with Crippen LogP contribution < -0.4 is 0 Å². The Kier molecular flexibility index (Phi) is 4.34. The van der Waals surface area contributed by atoms with E-state index < -0.39 is 17.8 Å². The Bertz CT molecular complexity index is 601. The van der Waals surface area contributed by atoms with Crippen LogP contribution in [0, 0.1) is 5.82 Å². The van der Waals surface area contributed by atoms with Crippen LogP contribution in [0.25, 0.3) is 11.4 Å². The van der Waals surface area contributed by atoms with Gasteiger partial charge in [0.1, 0.15) is 0 Å². The summed E-state index contributed by atoms with van der Waals surface area (Å²) < 4.78 is 15.1. The molecule has 0 aliphatic heterocycles. The second-order valence-electron chi connectivity index (χ2n) is 4.34. The summed E-state index contributed by atoms with van der Waals surface area (Å²) in [4.78, 5) is 14.6. The highest BCUT2D eigenvalue weighted by atomic mass is 19.1. The average molecular weight is 279 g/mol. The van der Waals surface area contributed by atoms with Gasteiger partial charge in [-0.25, -0.2) is 9.07 Å². The average Bonchev–Trinajstić information content (AvgIpc) is 2.87. The van der Waals surface area contributed by atoms with Crippen molar-refractivity contribution in [1.82, 2.24) is 25.2 Å². The summed E-state index contributed by atoms with van der Waals surface area (Å²) in [6.07, 6.45) is 3.76. The zero-order chi connectivity index (χ0) is 14.5. The van der Waals surface area contributed by atoms with Gasteiger partial charge in [-0.15, -0.1) is 5.10 Å². The van der Waals surface area contributed by atoms with Crippen molar-refractivity contribution >= 4 is 5.97 Å². The van der Waals surface area contributed by atoms with Crippen molar-refractivity contribution in [3.05, 3.63) is 24.3 Å². The molecule has 8 heteroatoms. The molecule has 20 heavy (non-hydrogen) atoms. The van der Waals surface area contributed by atoms with Gasteiger partial charge in [-0.05, 0) is 22.9 Å². The fourth-order valence-corrected chi connectivity index (χ4v) is 2.02. The van der Waals surface area contributed by atoms with Crippen LogP contribution in [-0.4, -0.2) is 36.3 Å². The minimum Gasteiger partial charge on any atom is -0.481 e. The minimum absolute atomic E-state index is 0.113.